The summed E-state index contributed by atoms with van der Waals surface area (Å²) >= 11 is 0. The fourth-order valence-electron chi connectivity index (χ4n) is 1.19. The molecule has 0 saturated carbocycles. The molecule has 0 aliphatic heterocycles. The minimum atomic E-state index is 0.882. The highest BCUT2D eigenvalue weighted by atomic mass is 15.2. The van der Waals surface area contributed by atoms with E-state index >= 15 is 0 Å². The van der Waals surface area contributed by atoms with E-state index in [9.17, 15) is 0 Å². The van der Waals surface area contributed by atoms with Crippen LogP contribution in [0.1, 0.15) is 0 Å². The third-order valence-corrected chi connectivity index (χ3v) is 1.84. The van der Waals surface area contributed by atoms with E-state index in [0.29, 0.717) is 0 Å². The maximum Gasteiger partial charge on any atom is 0.0650 e. The molecule has 2 rings (SSSR count). The zero-order chi connectivity index (χ0) is 9.10. The molecule has 0 spiro atoms. The van der Waals surface area contributed by atoms with Gasteiger partial charge in [-0.05, 0) is 18.2 Å². The highest BCUT2D eigenvalue weighted by Gasteiger charge is 1.98. The Morgan fingerprint density at radius 2 is 2.23 bits per heavy atom. The summed E-state index contributed by atoms with van der Waals surface area (Å²) in [5.41, 5.74) is 5.52. The van der Waals surface area contributed by atoms with Gasteiger partial charge in [0.05, 0.1) is 5.69 Å². The fourth-order valence-corrected chi connectivity index (χ4v) is 1.19. The van der Waals surface area contributed by atoms with Gasteiger partial charge in [-0.1, -0.05) is 12.1 Å². The topological polar surface area (TPSA) is 66.7 Å². The van der Waals surface area contributed by atoms with Crippen molar-refractivity contribution in [3.05, 3.63) is 36.5 Å². The molecule has 0 fully saturated rings. The van der Waals surface area contributed by atoms with Crippen LogP contribution < -0.4 is 11.3 Å². The summed E-state index contributed by atoms with van der Waals surface area (Å²) in [6.45, 7) is 0. The first-order valence-electron chi connectivity index (χ1n) is 3.96. The van der Waals surface area contributed by atoms with Crippen LogP contribution in [-0.4, -0.2) is 10.2 Å². The Balaban J connectivity index is 2.41. The van der Waals surface area contributed by atoms with Gasteiger partial charge in [0, 0.05) is 17.4 Å². The molecular formula is C9H10N4. The molecule has 2 aromatic rings. The largest absolute Gasteiger partial charge is 0.324 e. The fraction of sp³-hybridized carbons (Fsp3) is 0. The van der Waals surface area contributed by atoms with Gasteiger partial charge < -0.3 is 5.43 Å². The summed E-state index contributed by atoms with van der Waals surface area (Å²) in [4.78, 5) is 0. The molecule has 0 radical (unpaired) electrons. The Labute approximate surface area is 75.7 Å². The third kappa shape index (κ3) is 1.52. The van der Waals surface area contributed by atoms with Crippen LogP contribution in [0.15, 0.2) is 36.5 Å². The predicted molar refractivity (Wildman–Crippen MR) is 51.8 cm³/mol. The molecule has 0 amide bonds. The molecule has 0 unspecified atom stereocenters. The van der Waals surface area contributed by atoms with Crippen molar-refractivity contribution in [2.45, 2.75) is 0 Å². The van der Waals surface area contributed by atoms with Crippen LogP contribution in [0.2, 0.25) is 0 Å². The first-order valence-corrected chi connectivity index (χ1v) is 3.96. The van der Waals surface area contributed by atoms with E-state index < -0.39 is 0 Å². The predicted octanol–water partition coefficient (Wildman–Crippen LogP) is 1.36. The van der Waals surface area contributed by atoms with Crippen LogP contribution in [0.5, 0.6) is 0 Å². The van der Waals surface area contributed by atoms with Gasteiger partial charge in [-0.3, -0.25) is 10.9 Å². The molecular weight excluding hydrogens is 164 g/mol. The Bertz CT molecular complexity index is 380. The maximum absolute atomic E-state index is 5.30. The third-order valence-electron chi connectivity index (χ3n) is 1.84. The van der Waals surface area contributed by atoms with Crippen LogP contribution in [0.25, 0.3) is 11.3 Å². The molecule has 0 bridgehead atoms. The summed E-state index contributed by atoms with van der Waals surface area (Å²) < 4.78 is 0. The molecule has 1 aromatic heterocycles. The van der Waals surface area contributed by atoms with Gasteiger partial charge in [-0.25, -0.2) is 0 Å². The summed E-state index contributed by atoms with van der Waals surface area (Å²) in [6, 6.07) is 9.70. The molecule has 0 saturated heterocycles. The zero-order valence-corrected chi connectivity index (χ0v) is 6.99. The minimum Gasteiger partial charge on any atom is -0.324 e. The van der Waals surface area contributed by atoms with Crippen molar-refractivity contribution in [2.75, 3.05) is 5.43 Å². The number of H-pyrrole nitrogens is 1. The summed E-state index contributed by atoms with van der Waals surface area (Å²) in [5, 5.41) is 6.76. The SMILES string of the molecule is NNc1cccc(-c2ccn[nH]2)c1. The van der Waals surface area contributed by atoms with E-state index in [1.165, 1.54) is 0 Å². The number of nitrogens with two attached hydrogens (primary N) is 1. The Kier molecular flexibility index (Phi) is 1.97. The highest BCUT2D eigenvalue weighted by Crippen LogP contribution is 2.19. The standard InChI is InChI=1S/C9H10N4/c10-12-8-3-1-2-7(6-8)9-4-5-11-13-9/h1-6,12H,10H2,(H,11,13). The van der Waals surface area contributed by atoms with Crippen molar-refractivity contribution in [1.82, 2.24) is 10.2 Å². The van der Waals surface area contributed by atoms with E-state index in [1.54, 1.807) is 6.20 Å². The molecule has 66 valence electrons. The van der Waals surface area contributed by atoms with Gasteiger partial charge in [0.25, 0.3) is 0 Å². The van der Waals surface area contributed by atoms with E-state index in [1.807, 2.05) is 30.3 Å². The van der Waals surface area contributed by atoms with Crippen molar-refractivity contribution >= 4 is 5.69 Å². The first-order chi connectivity index (χ1) is 6.40. The molecule has 4 heteroatoms. The number of benzene rings is 1. The van der Waals surface area contributed by atoms with E-state index in [0.717, 1.165) is 16.9 Å². The van der Waals surface area contributed by atoms with E-state index in [2.05, 4.69) is 15.6 Å². The van der Waals surface area contributed by atoms with Crippen LogP contribution >= 0.6 is 0 Å². The van der Waals surface area contributed by atoms with Crippen molar-refractivity contribution < 1.29 is 0 Å². The number of anilines is 1. The molecule has 13 heavy (non-hydrogen) atoms. The molecule has 0 aliphatic rings. The second kappa shape index (κ2) is 3.28. The monoisotopic (exact) mass is 174 g/mol. The molecule has 0 atom stereocenters. The molecule has 4 N–H and O–H groups in total. The maximum atomic E-state index is 5.30. The van der Waals surface area contributed by atoms with Crippen molar-refractivity contribution in [2.24, 2.45) is 5.84 Å². The van der Waals surface area contributed by atoms with Crippen LogP contribution in [0.3, 0.4) is 0 Å². The lowest BCUT2D eigenvalue weighted by Crippen LogP contribution is -2.06. The van der Waals surface area contributed by atoms with Crippen molar-refractivity contribution in [3.8, 4) is 11.3 Å². The van der Waals surface area contributed by atoms with E-state index in [4.69, 9.17) is 5.84 Å². The number of aromatic nitrogens is 2. The van der Waals surface area contributed by atoms with Gasteiger partial charge in [0.1, 0.15) is 0 Å². The van der Waals surface area contributed by atoms with Crippen LogP contribution in [0, 0.1) is 0 Å². The first kappa shape index (κ1) is 7.82. The van der Waals surface area contributed by atoms with Crippen LogP contribution in [0.4, 0.5) is 5.69 Å². The quantitative estimate of drug-likeness (QED) is 0.475. The lowest BCUT2D eigenvalue weighted by atomic mass is 10.1. The highest BCUT2D eigenvalue weighted by molar-refractivity contribution is 5.64. The molecule has 1 aromatic carbocycles. The number of rotatable bonds is 2. The number of hydrazine groups is 1. The zero-order valence-electron chi connectivity index (χ0n) is 6.99. The number of nitrogens with one attached hydrogen (secondary N) is 2. The Morgan fingerprint density at radius 3 is 2.92 bits per heavy atom. The number of hydrogen-bond donors (Lipinski definition) is 3. The normalized spacial score (nSPS) is 9.92. The smallest absolute Gasteiger partial charge is 0.0650 e. The number of nitrogens with zero attached hydrogens (tertiary/aromatic N) is 1. The average Bonchev–Trinajstić information content (AvgIpc) is 2.71. The lowest BCUT2D eigenvalue weighted by molar-refractivity contribution is 1.10. The van der Waals surface area contributed by atoms with Gasteiger partial charge in [0.2, 0.25) is 0 Å². The summed E-state index contributed by atoms with van der Waals surface area (Å²) in [6.07, 6.45) is 1.72. The second-order valence-corrected chi connectivity index (χ2v) is 2.70. The molecule has 4 nitrogen and oxygen atoms in total. The second-order valence-electron chi connectivity index (χ2n) is 2.70. The number of aromatic amines is 1. The Hall–Kier alpha value is -1.81. The Morgan fingerprint density at radius 1 is 1.31 bits per heavy atom. The van der Waals surface area contributed by atoms with Gasteiger partial charge in [-0.2, -0.15) is 5.10 Å². The van der Waals surface area contributed by atoms with Crippen molar-refractivity contribution in [1.29, 1.82) is 0 Å². The number of hydrogen-bond acceptors (Lipinski definition) is 3. The number of nitrogen functional groups attached to an aromatic ring is 1. The summed E-state index contributed by atoms with van der Waals surface area (Å²) in [7, 11) is 0. The lowest BCUT2D eigenvalue weighted by Gasteiger charge is -2.01. The average molecular weight is 174 g/mol. The van der Waals surface area contributed by atoms with Gasteiger partial charge in [-0.15, -0.1) is 0 Å². The van der Waals surface area contributed by atoms with Crippen LogP contribution in [-0.2, 0) is 0 Å². The molecule has 1 heterocycles. The van der Waals surface area contributed by atoms with Crippen molar-refractivity contribution in [3.63, 3.8) is 0 Å². The summed E-state index contributed by atoms with van der Waals surface area (Å²) in [5.74, 6) is 5.30. The minimum absolute atomic E-state index is 0.882. The molecule has 0 aliphatic carbocycles. The van der Waals surface area contributed by atoms with Gasteiger partial charge in [0.15, 0.2) is 0 Å². The van der Waals surface area contributed by atoms with Gasteiger partial charge >= 0.3 is 0 Å². The van der Waals surface area contributed by atoms with E-state index in [-0.39, 0.29) is 0 Å².